The van der Waals surface area contributed by atoms with E-state index in [0.717, 1.165) is 19.0 Å². The molecule has 1 saturated heterocycles. The van der Waals surface area contributed by atoms with Gasteiger partial charge in [0.15, 0.2) is 0 Å². The Morgan fingerprint density at radius 2 is 2.12 bits per heavy atom. The van der Waals surface area contributed by atoms with Gasteiger partial charge in [-0.25, -0.2) is 0 Å². The van der Waals surface area contributed by atoms with E-state index in [1.807, 2.05) is 0 Å². The largest absolute Gasteiger partial charge is 0.345 e. The highest BCUT2D eigenvalue weighted by Gasteiger charge is 2.22. The third kappa shape index (κ3) is 1.31. The van der Waals surface area contributed by atoms with Crippen LogP contribution in [-0.2, 0) is 13.0 Å². The van der Waals surface area contributed by atoms with Crippen LogP contribution in [0.5, 0.6) is 0 Å². The first-order chi connectivity index (χ1) is 8.33. The van der Waals surface area contributed by atoms with Crippen molar-refractivity contribution in [2.75, 3.05) is 13.1 Å². The van der Waals surface area contributed by atoms with Gasteiger partial charge in [-0.2, -0.15) is 0 Å². The molecular formula is C15H18N2. The van der Waals surface area contributed by atoms with E-state index < -0.39 is 0 Å². The fourth-order valence-electron chi connectivity index (χ4n) is 3.33. The van der Waals surface area contributed by atoms with Crippen molar-refractivity contribution in [1.29, 1.82) is 0 Å². The molecule has 4 rings (SSSR count). The Morgan fingerprint density at radius 3 is 2.88 bits per heavy atom. The number of benzene rings is 1. The summed E-state index contributed by atoms with van der Waals surface area (Å²) in [5, 5.41) is 4.83. The van der Waals surface area contributed by atoms with Crippen LogP contribution in [0.1, 0.15) is 29.2 Å². The Bertz CT molecular complexity index is 590. The van der Waals surface area contributed by atoms with E-state index in [0.29, 0.717) is 0 Å². The zero-order valence-corrected chi connectivity index (χ0v) is 10.3. The summed E-state index contributed by atoms with van der Waals surface area (Å²) in [6.07, 6.45) is 2.55. The molecule has 3 heterocycles. The van der Waals surface area contributed by atoms with Crippen LogP contribution in [0.25, 0.3) is 10.9 Å². The average Bonchev–Trinajstić information content (AvgIpc) is 2.55. The monoisotopic (exact) mass is 226 g/mol. The zero-order valence-electron chi connectivity index (χ0n) is 10.3. The van der Waals surface area contributed by atoms with Gasteiger partial charge in [-0.15, -0.1) is 0 Å². The average molecular weight is 226 g/mol. The molecule has 1 fully saturated rings. The lowest BCUT2D eigenvalue weighted by Gasteiger charge is -2.28. The second-order valence-electron chi connectivity index (χ2n) is 5.51. The molecule has 2 aliphatic rings. The van der Waals surface area contributed by atoms with E-state index in [9.17, 15) is 0 Å². The predicted molar refractivity (Wildman–Crippen MR) is 70.6 cm³/mol. The van der Waals surface area contributed by atoms with E-state index in [2.05, 4.69) is 35.0 Å². The van der Waals surface area contributed by atoms with Crippen LogP contribution in [0.15, 0.2) is 18.2 Å². The van der Waals surface area contributed by atoms with Crippen molar-refractivity contribution in [2.45, 2.75) is 32.2 Å². The molecule has 0 radical (unpaired) electrons. The lowest BCUT2D eigenvalue weighted by Crippen LogP contribution is -2.39. The standard InChI is InChI=1S/C15H18N2/c1-10-5-13-7-12(14-8-16-9-14)6-11-3-2-4-17(10)15(11)13/h5-7,14,16H,2-4,8-9H2,1H3. The fourth-order valence-corrected chi connectivity index (χ4v) is 3.33. The maximum absolute atomic E-state index is 3.37. The molecule has 0 aliphatic carbocycles. The van der Waals surface area contributed by atoms with Crippen LogP contribution < -0.4 is 5.32 Å². The minimum atomic E-state index is 0.751. The van der Waals surface area contributed by atoms with Crippen molar-refractivity contribution >= 4 is 10.9 Å². The van der Waals surface area contributed by atoms with Crippen molar-refractivity contribution in [1.82, 2.24) is 9.88 Å². The van der Waals surface area contributed by atoms with Crippen molar-refractivity contribution in [3.8, 4) is 0 Å². The summed E-state index contributed by atoms with van der Waals surface area (Å²) in [5.74, 6) is 0.751. The SMILES string of the molecule is Cc1cc2cc(C3CNC3)cc3c2n1CCC3. The summed E-state index contributed by atoms with van der Waals surface area (Å²) in [7, 11) is 0. The van der Waals surface area contributed by atoms with Crippen molar-refractivity contribution < 1.29 is 0 Å². The molecule has 0 saturated carbocycles. The van der Waals surface area contributed by atoms with Crippen LogP contribution in [-0.4, -0.2) is 17.7 Å². The van der Waals surface area contributed by atoms with E-state index in [4.69, 9.17) is 0 Å². The first-order valence-electron chi connectivity index (χ1n) is 6.66. The van der Waals surface area contributed by atoms with Crippen LogP contribution in [0.2, 0.25) is 0 Å². The minimum absolute atomic E-state index is 0.751. The van der Waals surface area contributed by atoms with Crippen LogP contribution in [0.4, 0.5) is 0 Å². The first kappa shape index (κ1) is 9.72. The first-order valence-corrected chi connectivity index (χ1v) is 6.66. The van der Waals surface area contributed by atoms with Gasteiger partial charge < -0.3 is 9.88 Å². The van der Waals surface area contributed by atoms with Crippen LogP contribution in [0, 0.1) is 6.92 Å². The molecule has 1 aromatic heterocycles. The van der Waals surface area contributed by atoms with Crippen molar-refractivity contribution in [3.05, 3.63) is 35.0 Å². The summed E-state index contributed by atoms with van der Waals surface area (Å²) >= 11 is 0. The molecular weight excluding hydrogens is 208 g/mol. The summed E-state index contributed by atoms with van der Waals surface area (Å²) in [4.78, 5) is 0. The van der Waals surface area contributed by atoms with Gasteiger partial charge >= 0.3 is 0 Å². The number of aryl methyl sites for hydroxylation is 3. The highest BCUT2D eigenvalue weighted by molar-refractivity contribution is 5.86. The molecule has 1 N–H and O–H groups in total. The number of nitrogens with zero attached hydrogens (tertiary/aromatic N) is 1. The molecule has 0 amide bonds. The van der Waals surface area contributed by atoms with Gasteiger partial charge in [0.05, 0.1) is 5.52 Å². The molecule has 0 bridgehead atoms. The molecule has 0 atom stereocenters. The van der Waals surface area contributed by atoms with Gasteiger partial charge in [-0.3, -0.25) is 0 Å². The maximum Gasteiger partial charge on any atom is 0.0515 e. The number of nitrogens with one attached hydrogen (secondary N) is 1. The third-order valence-electron chi connectivity index (χ3n) is 4.38. The van der Waals surface area contributed by atoms with E-state index in [-0.39, 0.29) is 0 Å². The van der Waals surface area contributed by atoms with Crippen molar-refractivity contribution in [3.63, 3.8) is 0 Å². The van der Waals surface area contributed by atoms with Crippen LogP contribution >= 0.6 is 0 Å². The second-order valence-corrected chi connectivity index (χ2v) is 5.51. The quantitative estimate of drug-likeness (QED) is 0.791. The Balaban J connectivity index is 1.97. The fraction of sp³-hybridized carbons (Fsp3) is 0.467. The van der Waals surface area contributed by atoms with Gasteiger partial charge in [0.25, 0.3) is 0 Å². The molecule has 1 aromatic carbocycles. The summed E-state index contributed by atoms with van der Waals surface area (Å²) in [5.41, 5.74) is 6.05. The second kappa shape index (κ2) is 3.36. The highest BCUT2D eigenvalue weighted by Crippen LogP contribution is 2.32. The van der Waals surface area contributed by atoms with Gasteiger partial charge in [0.2, 0.25) is 0 Å². The van der Waals surface area contributed by atoms with E-state index in [1.54, 1.807) is 11.1 Å². The van der Waals surface area contributed by atoms with Gasteiger partial charge in [0.1, 0.15) is 0 Å². The van der Waals surface area contributed by atoms with Crippen molar-refractivity contribution in [2.24, 2.45) is 0 Å². The lowest BCUT2D eigenvalue weighted by molar-refractivity contribution is 0.448. The minimum Gasteiger partial charge on any atom is -0.345 e. The summed E-state index contributed by atoms with van der Waals surface area (Å²) in [6.45, 7) is 5.75. The molecule has 2 aliphatic heterocycles. The number of aromatic nitrogens is 1. The topological polar surface area (TPSA) is 17.0 Å². The highest BCUT2D eigenvalue weighted by atomic mass is 15.0. The predicted octanol–water partition coefficient (Wildman–Crippen LogP) is 2.58. The van der Waals surface area contributed by atoms with Crippen LogP contribution in [0.3, 0.4) is 0 Å². The van der Waals surface area contributed by atoms with Gasteiger partial charge in [-0.05, 0) is 43.0 Å². The molecule has 2 aromatic rings. The maximum atomic E-state index is 3.37. The summed E-state index contributed by atoms with van der Waals surface area (Å²) in [6, 6.07) is 7.24. The molecule has 0 spiro atoms. The smallest absolute Gasteiger partial charge is 0.0515 e. The molecule has 0 unspecified atom stereocenters. The molecule has 2 nitrogen and oxygen atoms in total. The zero-order chi connectivity index (χ0) is 11.4. The number of hydrogen-bond donors (Lipinski definition) is 1. The van der Waals surface area contributed by atoms with Gasteiger partial charge in [-0.1, -0.05) is 6.07 Å². The number of hydrogen-bond acceptors (Lipinski definition) is 1. The van der Waals surface area contributed by atoms with E-state index in [1.165, 1.54) is 36.0 Å². The molecule has 17 heavy (non-hydrogen) atoms. The Hall–Kier alpha value is -1.28. The Kier molecular flexibility index (Phi) is 1.92. The molecule has 2 heteroatoms. The normalized spacial score (nSPS) is 19.6. The summed E-state index contributed by atoms with van der Waals surface area (Å²) < 4.78 is 2.50. The Morgan fingerprint density at radius 1 is 1.24 bits per heavy atom. The number of rotatable bonds is 1. The third-order valence-corrected chi connectivity index (χ3v) is 4.38. The Labute approximate surface area is 102 Å². The lowest BCUT2D eigenvalue weighted by atomic mass is 9.90. The molecule has 88 valence electrons. The van der Waals surface area contributed by atoms with Gasteiger partial charge in [0, 0.05) is 36.6 Å². The van der Waals surface area contributed by atoms with E-state index >= 15 is 0 Å².